The smallest absolute Gasteiger partial charge is 0.110 e. The van der Waals surface area contributed by atoms with Crippen LogP contribution in [-0.2, 0) is 0 Å². The largest absolute Gasteiger partial charge is 0.133 e. The topological polar surface area (TPSA) is 37.1 Å². The fourth-order valence-electron chi connectivity index (χ4n) is 2.86. The van der Waals surface area contributed by atoms with Gasteiger partial charge in [0.05, 0.1) is 5.71 Å². The molecule has 74 valence electrons. The molecule has 3 heteroatoms. The Morgan fingerprint density at radius 1 is 1.00 bits per heavy atom. The van der Waals surface area contributed by atoms with Gasteiger partial charge in [0, 0.05) is 0 Å². The Balaban J connectivity index is 1.87. The molecule has 0 aromatic carbocycles. The van der Waals surface area contributed by atoms with Gasteiger partial charge in [0.1, 0.15) is 5.70 Å². The molecule has 2 aliphatic carbocycles. The van der Waals surface area contributed by atoms with Gasteiger partial charge >= 0.3 is 0 Å². The molecule has 0 amide bonds. The van der Waals surface area contributed by atoms with E-state index in [1.54, 1.807) is 5.57 Å². The molecule has 0 aromatic heterocycles. The average Bonchev–Trinajstić information content (AvgIpc) is 2.79. The van der Waals surface area contributed by atoms with E-state index in [1.807, 2.05) is 0 Å². The van der Waals surface area contributed by atoms with Crippen LogP contribution in [-0.4, -0.2) is 5.71 Å². The van der Waals surface area contributed by atoms with E-state index in [2.05, 4.69) is 15.4 Å². The van der Waals surface area contributed by atoms with E-state index >= 15 is 0 Å². The van der Waals surface area contributed by atoms with Crippen molar-refractivity contribution in [2.45, 2.75) is 44.9 Å². The van der Waals surface area contributed by atoms with Crippen molar-refractivity contribution in [3.63, 3.8) is 0 Å². The monoisotopic (exact) mass is 189 g/mol. The van der Waals surface area contributed by atoms with Gasteiger partial charge in [-0.05, 0) is 42.4 Å². The lowest BCUT2D eigenvalue weighted by Gasteiger charge is -2.22. The first-order valence-corrected chi connectivity index (χ1v) is 5.66. The quantitative estimate of drug-likeness (QED) is 0.606. The first-order valence-electron chi connectivity index (χ1n) is 5.66. The molecule has 0 unspecified atom stereocenters. The van der Waals surface area contributed by atoms with E-state index in [0.717, 1.165) is 23.7 Å². The second kappa shape index (κ2) is 3.30. The predicted molar refractivity (Wildman–Crippen MR) is 55.1 cm³/mol. The van der Waals surface area contributed by atoms with Gasteiger partial charge in [0.15, 0.2) is 0 Å². The summed E-state index contributed by atoms with van der Waals surface area (Å²) < 4.78 is 0. The highest BCUT2D eigenvalue weighted by Gasteiger charge is 2.30. The number of allylic oxidation sites excluding steroid dienone is 2. The standard InChI is InChI=1S/C11H15N3/c1-2-4-8(5-3-1)9-6-7-10-11(9)13-14-12-10/h8H,1-7H2. The summed E-state index contributed by atoms with van der Waals surface area (Å²) >= 11 is 0. The molecule has 0 radical (unpaired) electrons. The van der Waals surface area contributed by atoms with Crippen LogP contribution in [0.15, 0.2) is 26.7 Å². The highest BCUT2D eigenvalue weighted by atomic mass is 15.4. The van der Waals surface area contributed by atoms with Crippen LogP contribution in [0.3, 0.4) is 0 Å². The first-order chi connectivity index (χ1) is 6.95. The Labute approximate surface area is 84.0 Å². The van der Waals surface area contributed by atoms with E-state index in [4.69, 9.17) is 0 Å². The summed E-state index contributed by atoms with van der Waals surface area (Å²) in [5, 5.41) is 12.0. The highest BCUT2D eigenvalue weighted by Crippen LogP contribution is 2.39. The lowest BCUT2D eigenvalue weighted by molar-refractivity contribution is 0.396. The normalized spacial score (nSPS) is 27.0. The third-order valence-electron chi connectivity index (χ3n) is 3.62. The zero-order valence-corrected chi connectivity index (χ0v) is 8.37. The maximum absolute atomic E-state index is 4.16. The van der Waals surface area contributed by atoms with E-state index in [9.17, 15) is 0 Å². The van der Waals surface area contributed by atoms with E-state index in [-0.39, 0.29) is 0 Å². The van der Waals surface area contributed by atoms with Crippen molar-refractivity contribution in [3.05, 3.63) is 11.3 Å². The van der Waals surface area contributed by atoms with Gasteiger partial charge in [0.25, 0.3) is 0 Å². The summed E-state index contributed by atoms with van der Waals surface area (Å²) in [4.78, 5) is 0. The molecule has 1 saturated carbocycles. The highest BCUT2D eigenvalue weighted by molar-refractivity contribution is 6.03. The zero-order chi connectivity index (χ0) is 9.38. The molecule has 3 nitrogen and oxygen atoms in total. The number of hydrogen-bond acceptors (Lipinski definition) is 3. The molecule has 0 atom stereocenters. The Morgan fingerprint density at radius 2 is 1.86 bits per heavy atom. The fraction of sp³-hybridized carbons (Fsp3) is 0.727. The first kappa shape index (κ1) is 8.33. The summed E-state index contributed by atoms with van der Waals surface area (Å²) in [6, 6.07) is 0. The van der Waals surface area contributed by atoms with Gasteiger partial charge in [-0.15, -0.1) is 10.2 Å². The molecular weight excluding hydrogens is 174 g/mol. The van der Waals surface area contributed by atoms with E-state index in [1.165, 1.54) is 38.5 Å². The SMILES string of the molecule is C1CCC(C2=C3N=NN=C3CC2)CC1. The van der Waals surface area contributed by atoms with Crippen LogP contribution in [0.1, 0.15) is 44.9 Å². The van der Waals surface area contributed by atoms with E-state index < -0.39 is 0 Å². The van der Waals surface area contributed by atoms with Crippen LogP contribution < -0.4 is 0 Å². The molecule has 0 saturated heterocycles. The maximum Gasteiger partial charge on any atom is 0.110 e. The molecule has 1 aliphatic heterocycles. The van der Waals surface area contributed by atoms with Gasteiger partial charge in [-0.3, -0.25) is 0 Å². The summed E-state index contributed by atoms with van der Waals surface area (Å²) in [6.07, 6.45) is 9.20. The fourth-order valence-corrected chi connectivity index (χ4v) is 2.86. The molecule has 14 heavy (non-hydrogen) atoms. The Hall–Kier alpha value is -0.990. The summed E-state index contributed by atoms with van der Waals surface area (Å²) in [5.41, 5.74) is 3.85. The minimum absolute atomic E-state index is 0.795. The molecular formula is C11H15N3. The van der Waals surface area contributed by atoms with Crippen LogP contribution in [0.4, 0.5) is 0 Å². The summed E-state index contributed by atoms with van der Waals surface area (Å²) in [5.74, 6) is 0.795. The van der Waals surface area contributed by atoms with Crippen molar-refractivity contribution in [3.8, 4) is 0 Å². The Bertz CT molecular complexity index is 332. The van der Waals surface area contributed by atoms with Crippen molar-refractivity contribution in [1.82, 2.24) is 0 Å². The Morgan fingerprint density at radius 3 is 2.71 bits per heavy atom. The van der Waals surface area contributed by atoms with Crippen LogP contribution in [0.5, 0.6) is 0 Å². The van der Waals surface area contributed by atoms with E-state index in [0.29, 0.717) is 0 Å². The lowest BCUT2D eigenvalue weighted by Crippen LogP contribution is -2.09. The minimum atomic E-state index is 0.795. The second-order valence-corrected chi connectivity index (χ2v) is 4.44. The van der Waals surface area contributed by atoms with Crippen LogP contribution in [0, 0.1) is 5.92 Å². The van der Waals surface area contributed by atoms with Crippen molar-refractivity contribution in [1.29, 1.82) is 0 Å². The molecule has 3 rings (SSSR count). The number of fused-ring (bicyclic) bond motifs is 1. The molecule has 1 heterocycles. The van der Waals surface area contributed by atoms with Gasteiger partial charge in [-0.25, -0.2) is 0 Å². The third kappa shape index (κ3) is 1.22. The van der Waals surface area contributed by atoms with Gasteiger partial charge in [0.2, 0.25) is 0 Å². The van der Waals surface area contributed by atoms with Crippen molar-refractivity contribution in [2.75, 3.05) is 0 Å². The molecule has 0 bridgehead atoms. The lowest BCUT2D eigenvalue weighted by atomic mass is 9.83. The summed E-state index contributed by atoms with van der Waals surface area (Å²) in [7, 11) is 0. The molecule has 1 fully saturated rings. The van der Waals surface area contributed by atoms with Crippen molar-refractivity contribution >= 4 is 5.71 Å². The van der Waals surface area contributed by atoms with Crippen LogP contribution >= 0.6 is 0 Å². The number of hydrogen-bond donors (Lipinski definition) is 0. The van der Waals surface area contributed by atoms with Gasteiger partial charge in [-0.1, -0.05) is 19.3 Å². The number of nitrogens with zero attached hydrogens (tertiary/aromatic N) is 3. The number of rotatable bonds is 1. The van der Waals surface area contributed by atoms with Gasteiger partial charge in [-0.2, -0.15) is 0 Å². The van der Waals surface area contributed by atoms with Crippen LogP contribution in [0.25, 0.3) is 0 Å². The zero-order valence-electron chi connectivity index (χ0n) is 8.37. The molecule has 3 aliphatic rings. The molecule has 0 spiro atoms. The predicted octanol–water partition coefficient (Wildman–Crippen LogP) is 3.44. The van der Waals surface area contributed by atoms with Crippen LogP contribution in [0.2, 0.25) is 0 Å². The Kier molecular flexibility index (Phi) is 1.96. The minimum Gasteiger partial charge on any atom is -0.133 e. The molecule has 0 aromatic rings. The second-order valence-electron chi connectivity index (χ2n) is 4.44. The average molecular weight is 189 g/mol. The maximum atomic E-state index is 4.16. The van der Waals surface area contributed by atoms with Gasteiger partial charge < -0.3 is 0 Å². The summed E-state index contributed by atoms with van der Waals surface area (Å²) in [6.45, 7) is 0. The molecule has 0 N–H and O–H groups in total. The van der Waals surface area contributed by atoms with Crippen molar-refractivity contribution in [2.24, 2.45) is 21.4 Å². The van der Waals surface area contributed by atoms with Crippen molar-refractivity contribution < 1.29 is 0 Å². The third-order valence-corrected chi connectivity index (χ3v) is 3.62.